The molecule has 1 fully saturated rings. The maximum atomic E-state index is 12.1. The minimum Gasteiger partial charge on any atom is -0.481 e. The number of hydrogen-bond acceptors (Lipinski definition) is 2. The molecular weight excluding hydrogens is 292 g/mol. The van der Waals surface area contributed by atoms with Crippen molar-refractivity contribution in [1.29, 1.82) is 0 Å². The van der Waals surface area contributed by atoms with Crippen LogP contribution < -0.4 is 10.6 Å². The van der Waals surface area contributed by atoms with Gasteiger partial charge in [0, 0.05) is 24.4 Å². The predicted octanol–water partition coefficient (Wildman–Crippen LogP) is 3.05. The normalized spacial score (nSPS) is 17.4. The van der Waals surface area contributed by atoms with Gasteiger partial charge in [0.05, 0.1) is 0 Å². The maximum Gasteiger partial charge on any atom is 0.315 e. The van der Waals surface area contributed by atoms with Crippen molar-refractivity contribution in [3.8, 4) is 0 Å². The van der Waals surface area contributed by atoms with Crippen LogP contribution in [0, 0.1) is 0 Å². The molecule has 0 spiro atoms. The van der Waals surface area contributed by atoms with Crippen LogP contribution in [0.5, 0.6) is 0 Å². The molecule has 2 rings (SSSR count). The molecule has 0 saturated heterocycles. The van der Waals surface area contributed by atoms with E-state index in [2.05, 4.69) is 29.7 Å². The number of carboxylic acids is 1. The molecular formula is C18H26N2O3. The lowest BCUT2D eigenvalue weighted by Crippen LogP contribution is -2.50. The number of hydrogen-bond donors (Lipinski definition) is 3. The van der Waals surface area contributed by atoms with E-state index in [0.717, 1.165) is 12.8 Å². The van der Waals surface area contributed by atoms with Crippen molar-refractivity contribution in [2.45, 2.75) is 56.9 Å². The molecule has 2 amide bonds. The summed E-state index contributed by atoms with van der Waals surface area (Å²) in [5.74, 6) is -0.838. The standard InChI is InChI=1S/C18H26N2O3/c1-14(20-17(23)19-13-7-10-16(21)22)18(11-5-6-12-18)15-8-3-2-4-9-15/h2-4,8-9,14H,5-7,10-13H2,1H3,(H,21,22)(H2,19,20,23). The van der Waals surface area contributed by atoms with Gasteiger partial charge < -0.3 is 15.7 Å². The number of carboxylic acid groups (broad SMARTS) is 1. The van der Waals surface area contributed by atoms with Gasteiger partial charge in [-0.05, 0) is 31.7 Å². The number of carbonyl (C=O) groups is 2. The molecule has 1 unspecified atom stereocenters. The average molecular weight is 318 g/mol. The molecule has 5 heteroatoms. The largest absolute Gasteiger partial charge is 0.481 e. The van der Waals surface area contributed by atoms with Crippen molar-refractivity contribution in [2.24, 2.45) is 0 Å². The predicted molar refractivity (Wildman–Crippen MR) is 89.5 cm³/mol. The highest BCUT2D eigenvalue weighted by Gasteiger charge is 2.41. The number of rotatable bonds is 7. The Kier molecular flexibility index (Phi) is 6.02. The van der Waals surface area contributed by atoms with Crippen molar-refractivity contribution in [3.05, 3.63) is 35.9 Å². The molecule has 1 saturated carbocycles. The Hall–Kier alpha value is -2.04. The molecule has 0 aromatic heterocycles. The zero-order valence-electron chi connectivity index (χ0n) is 13.7. The second-order valence-electron chi connectivity index (χ2n) is 6.35. The minimum atomic E-state index is -0.838. The van der Waals surface area contributed by atoms with E-state index in [4.69, 9.17) is 5.11 Å². The van der Waals surface area contributed by atoms with E-state index >= 15 is 0 Å². The number of aliphatic carboxylic acids is 1. The summed E-state index contributed by atoms with van der Waals surface area (Å²) >= 11 is 0. The molecule has 23 heavy (non-hydrogen) atoms. The van der Waals surface area contributed by atoms with Gasteiger partial charge in [0.25, 0.3) is 0 Å². The minimum absolute atomic E-state index is 0.000333. The first-order valence-electron chi connectivity index (χ1n) is 8.36. The molecule has 1 aromatic carbocycles. The van der Waals surface area contributed by atoms with Gasteiger partial charge in [0.1, 0.15) is 0 Å². The van der Waals surface area contributed by atoms with Crippen LogP contribution in [0.4, 0.5) is 4.79 Å². The zero-order valence-corrected chi connectivity index (χ0v) is 13.7. The van der Waals surface area contributed by atoms with Crippen LogP contribution in [-0.2, 0) is 10.2 Å². The lowest BCUT2D eigenvalue weighted by Gasteiger charge is -2.36. The van der Waals surface area contributed by atoms with Gasteiger partial charge in [-0.1, -0.05) is 43.2 Å². The molecule has 3 N–H and O–H groups in total. The van der Waals surface area contributed by atoms with E-state index < -0.39 is 5.97 Å². The molecule has 5 nitrogen and oxygen atoms in total. The van der Waals surface area contributed by atoms with Crippen LogP contribution >= 0.6 is 0 Å². The Morgan fingerprint density at radius 1 is 1.22 bits per heavy atom. The van der Waals surface area contributed by atoms with E-state index in [9.17, 15) is 9.59 Å². The average Bonchev–Trinajstić information content (AvgIpc) is 3.03. The van der Waals surface area contributed by atoms with Crippen molar-refractivity contribution in [3.63, 3.8) is 0 Å². The van der Waals surface area contributed by atoms with Crippen LogP contribution in [0.2, 0.25) is 0 Å². The van der Waals surface area contributed by atoms with E-state index in [1.807, 2.05) is 18.2 Å². The summed E-state index contributed by atoms with van der Waals surface area (Å²) in [5, 5.41) is 14.4. The number of amides is 2. The van der Waals surface area contributed by atoms with Crippen LogP contribution in [0.1, 0.15) is 51.0 Å². The highest BCUT2D eigenvalue weighted by molar-refractivity contribution is 5.74. The van der Waals surface area contributed by atoms with Crippen molar-refractivity contribution in [2.75, 3.05) is 6.54 Å². The van der Waals surface area contributed by atoms with Gasteiger partial charge in [0.15, 0.2) is 0 Å². The first-order valence-corrected chi connectivity index (χ1v) is 8.36. The van der Waals surface area contributed by atoms with Crippen LogP contribution in [0.25, 0.3) is 0 Å². The first kappa shape index (κ1) is 17.3. The van der Waals surface area contributed by atoms with Gasteiger partial charge in [-0.2, -0.15) is 0 Å². The lowest BCUT2D eigenvalue weighted by molar-refractivity contribution is -0.137. The summed E-state index contributed by atoms with van der Waals surface area (Å²) < 4.78 is 0. The van der Waals surface area contributed by atoms with Gasteiger partial charge in [0.2, 0.25) is 0 Å². The zero-order chi connectivity index (χ0) is 16.7. The topological polar surface area (TPSA) is 78.4 Å². The SMILES string of the molecule is CC(NC(=O)NCCCC(=O)O)C1(c2ccccc2)CCCC1. The van der Waals surface area contributed by atoms with E-state index in [1.165, 1.54) is 18.4 Å². The molecule has 1 aliphatic carbocycles. The quantitative estimate of drug-likeness (QED) is 0.676. The van der Waals surface area contributed by atoms with Crippen LogP contribution in [0.3, 0.4) is 0 Å². The van der Waals surface area contributed by atoms with E-state index in [0.29, 0.717) is 13.0 Å². The smallest absolute Gasteiger partial charge is 0.315 e. The van der Waals surface area contributed by atoms with Gasteiger partial charge in [-0.3, -0.25) is 4.79 Å². The van der Waals surface area contributed by atoms with Gasteiger partial charge >= 0.3 is 12.0 Å². The summed E-state index contributed by atoms with van der Waals surface area (Å²) in [4.78, 5) is 22.5. The monoisotopic (exact) mass is 318 g/mol. The molecule has 126 valence electrons. The van der Waals surface area contributed by atoms with Crippen LogP contribution in [-0.4, -0.2) is 29.7 Å². The summed E-state index contributed by atoms with van der Waals surface area (Å²) in [7, 11) is 0. The van der Waals surface area contributed by atoms with Gasteiger partial charge in [-0.15, -0.1) is 0 Å². The highest BCUT2D eigenvalue weighted by Crippen LogP contribution is 2.43. The molecule has 1 atom stereocenters. The summed E-state index contributed by atoms with van der Waals surface area (Å²) in [6, 6.07) is 10.2. The Balaban J connectivity index is 1.93. The molecule has 1 aliphatic rings. The molecule has 0 aliphatic heterocycles. The Labute approximate surface area is 137 Å². The van der Waals surface area contributed by atoms with Gasteiger partial charge in [-0.25, -0.2) is 4.79 Å². The van der Waals surface area contributed by atoms with Crippen molar-refractivity contribution in [1.82, 2.24) is 10.6 Å². The molecule has 0 bridgehead atoms. The highest BCUT2D eigenvalue weighted by atomic mass is 16.4. The Morgan fingerprint density at radius 2 is 1.87 bits per heavy atom. The van der Waals surface area contributed by atoms with Crippen molar-refractivity contribution >= 4 is 12.0 Å². The maximum absolute atomic E-state index is 12.1. The fourth-order valence-electron chi connectivity index (χ4n) is 3.58. The fraction of sp³-hybridized carbons (Fsp3) is 0.556. The number of nitrogens with one attached hydrogen (secondary N) is 2. The van der Waals surface area contributed by atoms with E-state index in [-0.39, 0.29) is 23.9 Å². The number of benzene rings is 1. The molecule has 0 heterocycles. The Morgan fingerprint density at radius 3 is 2.48 bits per heavy atom. The molecule has 0 radical (unpaired) electrons. The first-order chi connectivity index (χ1) is 11.0. The molecule has 1 aromatic rings. The lowest BCUT2D eigenvalue weighted by atomic mass is 9.73. The summed E-state index contributed by atoms with van der Waals surface area (Å²) in [6.45, 7) is 2.44. The second kappa shape index (κ2) is 7.99. The fourth-order valence-corrected chi connectivity index (χ4v) is 3.58. The van der Waals surface area contributed by atoms with E-state index in [1.54, 1.807) is 0 Å². The third-order valence-corrected chi connectivity index (χ3v) is 4.87. The summed E-state index contributed by atoms with van der Waals surface area (Å²) in [5.41, 5.74) is 1.29. The van der Waals surface area contributed by atoms with Crippen molar-refractivity contribution < 1.29 is 14.7 Å². The third-order valence-electron chi connectivity index (χ3n) is 4.87. The number of urea groups is 1. The van der Waals surface area contributed by atoms with Crippen LogP contribution in [0.15, 0.2) is 30.3 Å². The Bertz CT molecular complexity index is 524. The number of carbonyl (C=O) groups excluding carboxylic acids is 1. The third kappa shape index (κ3) is 4.47. The second-order valence-corrected chi connectivity index (χ2v) is 6.35. The summed E-state index contributed by atoms with van der Waals surface area (Å²) in [6.07, 6.45) is 5.04.